The number of rotatable bonds is 3. The fraction of sp³-hybridized carbons (Fsp3) is 0.286. The summed E-state index contributed by atoms with van der Waals surface area (Å²) >= 11 is 0. The molecule has 4 heteroatoms. The van der Waals surface area contributed by atoms with Gasteiger partial charge >= 0.3 is 5.69 Å². The van der Waals surface area contributed by atoms with Gasteiger partial charge in [-0.1, -0.05) is 30.3 Å². The van der Waals surface area contributed by atoms with Gasteiger partial charge < -0.3 is 0 Å². The van der Waals surface area contributed by atoms with Crippen LogP contribution in [0.4, 0.5) is 0 Å². The first-order valence-electron chi connectivity index (χ1n) is 6.09. The lowest BCUT2D eigenvalue weighted by Crippen LogP contribution is -2.39. The smallest absolute Gasteiger partial charge is 0.293 e. The second-order valence-corrected chi connectivity index (χ2v) is 4.00. The molecule has 0 aliphatic carbocycles. The van der Waals surface area contributed by atoms with E-state index in [1.54, 1.807) is 11.5 Å². The Hall–Kier alpha value is -2.10. The summed E-state index contributed by atoms with van der Waals surface area (Å²) in [4.78, 5) is 24.1. The highest BCUT2D eigenvalue weighted by Crippen LogP contribution is 2.15. The summed E-state index contributed by atoms with van der Waals surface area (Å²) in [6.07, 6.45) is 0. The topological polar surface area (TPSA) is 44.0 Å². The third kappa shape index (κ3) is 2.01. The Morgan fingerprint density at radius 2 is 1.56 bits per heavy atom. The van der Waals surface area contributed by atoms with Gasteiger partial charge in [-0.15, -0.1) is 0 Å². The van der Waals surface area contributed by atoms with Crippen molar-refractivity contribution in [3.05, 3.63) is 57.2 Å². The van der Waals surface area contributed by atoms with Gasteiger partial charge in [0, 0.05) is 19.2 Å². The lowest BCUT2D eigenvalue weighted by molar-refractivity contribution is 0.592. The van der Waals surface area contributed by atoms with Crippen LogP contribution in [0.5, 0.6) is 0 Å². The third-order valence-corrected chi connectivity index (χ3v) is 2.98. The van der Waals surface area contributed by atoms with Crippen molar-refractivity contribution < 1.29 is 0 Å². The summed E-state index contributed by atoms with van der Waals surface area (Å²) in [6.45, 7) is 4.64. The van der Waals surface area contributed by atoms with E-state index in [2.05, 4.69) is 0 Å². The first kappa shape index (κ1) is 12.4. The minimum atomic E-state index is -0.244. The van der Waals surface area contributed by atoms with Crippen molar-refractivity contribution in [2.75, 3.05) is 0 Å². The van der Waals surface area contributed by atoms with E-state index in [0.717, 1.165) is 5.56 Å². The van der Waals surface area contributed by atoms with Gasteiger partial charge in [-0.25, -0.2) is 4.79 Å². The van der Waals surface area contributed by atoms with E-state index in [1.165, 1.54) is 10.6 Å². The van der Waals surface area contributed by atoms with Crippen LogP contribution in [0.3, 0.4) is 0 Å². The molecule has 2 aromatic rings. The maximum absolute atomic E-state index is 12.2. The second-order valence-electron chi connectivity index (χ2n) is 4.00. The largest absolute Gasteiger partial charge is 0.331 e. The van der Waals surface area contributed by atoms with E-state index in [9.17, 15) is 9.59 Å². The Labute approximate surface area is 105 Å². The van der Waals surface area contributed by atoms with Crippen LogP contribution in [-0.2, 0) is 13.1 Å². The fourth-order valence-electron chi connectivity index (χ4n) is 2.06. The molecule has 0 atom stereocenters. The quantitative estimate of drug-likeness (QED) is 0.825. The molecule has 0 aliphatic heterocycles. The Bertz CT molecular complexity index is 654. The molecule has 0 radical (unpaired) electrons. The molecule has 1 heterocycles. The summed E-state index contributed by atoms with van der Waals surface area (Å²) in [7, 11) is 0. The van der Waals surface area contributed by atoms with E-state index in [0.29, 0.717) is 18.8 Å². The zero-order valence-electron chi connectivity index (χ0n) is 10.6. The van der Waals surface area contributed by atoms with Gasteiger partial charge in [0.25, 0.3) is 5.56 Å². The molecule has 0 saturated heterocycles. The highest BCUT2D eigenvalue weighted by Gasteiger charge is 2.10. The van der Waals surface area contributed by atoms with Gasteiger partial charge in [-0.3, -0.25) is 13.9 Å². The van der Waals surface area contributed by atoms with E-state index in [-0.39, 0.29) is 11.2 Å². The molecule has 2 rings (SSSR count). The summed E-state index contributed by atoms with van der Waals surface area (Å²) in [5, 5.41) is 0. The lowest BCUT2D eigenvalue weighted by Gasteiger charge is -2.13. The van der Waals surface area contributed by atoms with Gasteiger partial charge in [0.05, 0.1) is 5.69 Å². The van der Waals surface area contributed by atoms with E-state index in [1.807, 2.05) is 37.3 Å². The average molecular weight is 244 g/mol. The van der Waals surface area contributed by atoms with Gasteiger partial charge in [-0.05, 0) is 19.4 Å². The van der Waals surface area contributed by atoms with Crippen LogP contribution in [0.1, 0.15) is 13.8 Å². The highest BCUT2D eigenvalue weighted by molar-refractivity contribution is 5.58. The van der Waals surface area contributed by atoms with Gasteiger partial charge in [0.2, 0.25) is 0 Å². The molecule has 0 unspecified atom stereocenters. The van der Waals surface area contributed by atoms with E-state index >= 15 is 0 Å². The van der Waals surface area contributed by atoms with Crippen molar-refractivity contribution in [1.82, 2.24) is 9.13 Å². The molecule has 0 spiro atoms. The number of nitrogens with zero attached hydrogens (tertiary/aromatic N) is 2. The van der Waals surface area contributed by atoms with Crippen molar-refractivity contribution in [3.63, 3.8) is 0 Å². The molecule has 0 saturated carbocycles. The first-order valence-corrected chi connectivity index (χ1v) is 6.09. The Morgan fingerprint density at radius 1 is 0.944 bits per heavy atom. The predicted molar refractivity (Wildman–Crippen MR) is 71.7 cm³/mol. The molecule has 0 amide bonds. The minimum Gasteiger partial charge on any atom is -0.293 e. The average Bonchev–Trinajstić information content (AvgIpc) is 2.39. The van der Waals surface area contributed by atoms with Crippen LogP contribution in [0, 0.1) is 0 Å². The molecular weight excluding hydrogens is 228 g/mol. The SMILES string of the molecule is CCn1c(-c2ccccc2)cc(=O)n(CC)c1=O. The summed E-state index contributed by atoms with van der Waals surface area (Å²) in [5.74, 6) is 0. The molecule has 18 heavy (non-hydrogen) atoms. The van der Waals surface area contributed by atoms with E-state index < -0.39 is 0 Å². The number of benzene rings is 1. The van der Waals surface area contributed by atoms with E-state index in [4.69, 9.17) is 0 Å². The number of aromatic nitrogens is 2. The molecular formula is C14H16N2O2. The summed E-state index contributed by atoms with van der Waals surface area (Å²) in [5.41, 5.74) is 1.08. The van der Waals surface area contributed by atoms with Crippen LogP contribution < -0.4 is 11.2 Å². The molecule has 1 aromatic carbocycles. The zero-order chi connectivity index (χ0) is 13.1. The highest BCUT2D eigenvalue weighted by atomic mass is 16.2. The Balaban J connectivity index is 2.77. The fourth-order valence-corrected chi connectivity index (χ4v) is 2.06. The van der Waals surface area contributed by atoms with Crippen LogP contribution >= 0.6 is 0 Å². The Kier molecular flexibility index (Phi) is 3.46. The third-order valence-electron chi connectivity index (χ3n) is 2.98. The molecule has 1 aromatic heterocycles. The molecule has 0 fully saturated rings. The molecule has 94 valence electrons. The maximum atomic E-state index is 12.2. The minimum absolute atomic E-state index is 0.244. The second kappa shape index (κ2) is 5.04. The van der Waals surface area contributed by atoms with Crippen molar-refractivity contribution >= 4 is 0 Å². The summed E-state index contributed by atoms with van der Waals surface area (Å²) < 4.78 is 2.87. The van der Waals surface area contributed by atoms with Crippen LogP contribution in [0.15, 0.2) is 46.0 Å². The van der Waals surface area contributed by atoms with Crippen molar-refractivity contribution in [1.29, 1.82) is 0 Å². The lowest BCUT2D eigenvalue weighted by atomic mass is 10.1. The predicted octanol–water partition coefficient (Wildman–Crippen LogP) is 1.72. The Morgan fingerprint density at radius 3 is 2.11 bits per heavy atom. The standard InChI is InChI=1S/C14H16N2O2/c1-3-15-12(11-8-6-5-7-9-11)10-13(17)16(4-2)14(15)18/h5-10H,3-4H2,1-2H3. The normalized spacial score (nSPS) is 10.6. The first-order chi connectivity index (χ1) is 8.69. The van der Waals surface area contributed by atoms with Crippen molar-refractivity contribution in [2.24, 2.45) is 0 Å². The van der Waals surface area contributed by atoms with Crippen LogP contribution in [0.25, 0.3) is 11.3 Å². The molecule has 0 N–H and O–H groups in total. The summed E-state index contributed by atoms with van der Waals surface area (Å²) in [6, 6.07) is 11.0. The maximum Gasteiger partial charge on any atom is 0.331 e. The van der Waals surface area contributed by atoms with Gasteiger partial charge in [-0.2, -0.15) is 0 Å². The number of hydrogen-bond donors (Lipinski definition) is 0. The van der Waals surface area contributed by atoms with Crippen molar-refractivity contribution in [3.8, 4) is 11.3 Å². The molecule has 0 bridgehead atoms. The molecule has 0 aliphatic rings. The van der Waals surface area contributed by atoms with Crippen LogP contribution in [-0.4, -0.2) is 9.13 Å². The molecule has 4 nitrogen and oxygen atoms in total. The van der Waals surface area contributed by atoms with Gasteiger partial charge in [0.1, 0.15) is 0 Å². The zero-order valence-corrected chi connectivity index (χ0v) is 10.6. The van der Waals surface area contributed by atoms with Crippen molar-refractivity contribution in [2.45, 2.75) is 26.9 Å². The monoisotopic (exact) mass is 244 g/mol. The van der Waals surface area contributed by atoms with Crippen LogP contribution in [0.2, 0.25) is 0 Å². The van der Waals surface area contributed by atoms with Gasteiger partial charge in [0.15, 0.2) is 0 Å². The number of hydrogen-bond acceptors (Lipinski definition) is 2.